The maximum atomic E-state index is 11.7. The van der Waals surface area contributed by atoms with Crippen molar-refractivity contribution in [2.75, 3.05) is 25.1 Å². The number of rotatable bonds is 5. The summed E-state index contributed by atoms with van der Waals surface area (Å²) >= 11 is 1.57. The molecule has 0 saturated heterocycles. The van der Waals surface area contributed by atoms with E-state index in [2.05, 4.69) is 16.9 Å². The Morgan fingerprint density at radius 3 is 2.79 bits per heavy atom. The average molecular weight is 282 g/mol. The van der Waals surface area contributed by atoms with E-state index in [0.29, 0.717) is 12.3 Å². The van der Waals surface area contributed by atoms with E-state index in [4.69, 9.17) is 4.74 Å². The normalized spacial score (nSPS) is 15.7. The predicted molar refractivity (Wildman–Crippen MR) is 78.0 cm³/mol. The first-order valence-corrected chi connectivity index (χ1v) is 7.79. The molecule has 19 heavy (non-hydrogen) atoms. The molecule has 1 heterocycles. The summed E-state index contributed by atoms with van der Waals surface area (Å²) in [7, 11) is 2.06. The number of anilines is 1. The Bertz CT molecular complexity index is 439. The highest BCUT2D eigenvalue weighted by atomic mass is 32.1. The molecule has 4 nitrogen and oxygen atoms in total. The van der Waals surface area contributed by atoms with Crippen LogP contribution in [0.3, 0.4) is 0 Å². The molecule has 106 valence electrons. The van der Waals surface area contributed by atoms with Crippen LogP contribution in [0.15, 0.2) is 0 Å². The Morgan fingerprint density at radius 1 is 1.47 bits per heavy atom. The quantitative estimate of drug-likeness (QED) is 0.777. The lowest BCUT2D eigenvalue weighted by Gasteiger charge is -2.19. The third-order valence-corrected chi connectivity index (χ3v) is 4.67. The van der Waals surface area contributed by atoms with Crippen molar-refractivity contribution in [3.05, 3.63) is 10.6 Å². The van der Waals surface area contributed by atoms with E-state index in [0.717, 1.165) is 22.5 Å². The molecule has 0 unspecified atom stereocenters. The Hall–Kier alpha value is -1.10. The van der Waals surface area contributed by atoms with Crippen molar-refractivity contribution in [1.29, 1.82) is 0 Å². The molecule has 0 bridgehead atoms. The smallest absolute Gasteiger partial charge is 0.358 e. The zero-order valence-electron chi connectivity index (χ0n) is 11.9. The molecule has 0 aliphatic heterocycles. The molecule has 5 heteroatoms. The van der Waals surface area contributed by atoms with Gasteiger partial charge in [-0.05, 0) is 32.6 Å². The molecule has 0 aromatic carbocycles. The van der Waals surface area contributed by atoms with Gasteiger partial charge in [0, 0.05) is 18.5 Å². The van der Waals surface area contributed by atoms with Gasteiger partial charge in [0.15, 0.2) is 10.8 Å². The number of carbonyl (C=O) groups excluding carboxylic acids is 1. The number of ether oxygens (including phenoxy) is 1. The summed E-state index contributed by atoms with van der Waals surface area (Å²) in [5, 5.41) is 0.924. The van der Waals surface area contributed by atoms with E-state index < -0.39 is 0 Å². The van der Waals surface area contributed by atoms with Gasteiger partial charge in [0.25, 0.3) is 0 Å². The van der Waals surface area contributed by atoms with Gasteiger partial charge in [0.1, 0.15) is 0 Å². The molecule has 0 atom stereocenters. The Balaban J connectivity index is 2.03. The number of aryl methyl sites for hydroxylation is 1. The van der Waals surface area contributed by atoms with Gasteiger partial charge in [0.05, 0.1) is 6.61 Å². The summed E-state index contributed by atoms with van der Waals surface area (Å²) in [6.07, 6.45) is 5.34. The lowest BCUT2D eigenvalue weighted by Crippen LogP contribution is -2.24. The number of carbonyl (C=O) groups is 1. The van der Waals surface area contributed by atoms with Gasteiger partial charge in [-0.3, -0.25) is 0 Å². The number of esters is 1. The Labute approximate surface area is 118 Å². The summed E-state index contributed by atoms with van der Waals surface area (Å²) in [5.41, 5.74) is 0.472. The third-order valence-electron chi connectivity index (χ3n) is 3.59. The minimum absolute atomic E-state index is 0.309. The standard InChI is InChI=1S/C14H22N2O2S/c1-4-18-13(17)12-10(2)19-14(15-12)16(3)9-11-7-5-6-8-11/h11H,4-9H2,1-3H3. The summed E-state index contributed by atoms with van der Waals surface area (Å²) in [4.78, 5) is 19.3. The third kappa shape index (κ3) is 3.47. The summed E-state index contributed by atoms with van der Waals surface area (Å²) in [5.74, 6) is 0.469. The fraction of sp³-hybridized carbons (Fsp3) is 0.714. The second-order valence-corrected chi connectivity index (χ2v) is 6.33. The van der Waals surface area contributed by atoms with Crippen molar-refractivity contribution in [3.63, 3.8) is 0 Å². The van der Waals surface area contributed by atoms with Crippen LogP contribution in [0, 0.1) is 12.8 Å². The summed E-state index contributed by atoms with van der Waals surface area (Å²) in [6.45, 7) is 5.17. The van der Waals surface area contributed by atoms with Gasteiger partial charge < -0.3 is 9.64 Å². The number of nitrogens with zero attached hydrogens (tertiary/aromatic N) is 2. The van der Waals surface area contributed by atoms with Crippen LogP contribution in [0.2, 0.25) is 0 Å². The molecule has 2 rings (SSSR count). The van der Waals surface area contributed by atoms with Crippen molar-refractivity contribution < 1.29 is 9.53 Å². The maximum absolute atomic E-state index is 11.7. The Morgan fingerprint density at radius 2 is 2.16 bits per heavy atom. The summed E-state index contributed by atoms with van der Waals surface area (Å²) < 4.78 is 5.02. The van der Waals surface area contributed by atoms with Crippen LogP contribution < -0.4 is 4.90 Å². The fourth-order valence-corrected chi connectivity index (χ4v) is 3.46. The van der Waals surface area contributed by atoms with E-state index in [9.17, 15) is 4.79 Å². The minimum Gasteiger partial charge on any atom is -0.461 e. The van der Waals surface area contributed by atoms with Crippen LogP contribution in [0.25, 0.3) is 0 Å². The largest absolute Gasteiger partial charge is 0.461 e. The lowest BCUT2D eigenvalue weighted by molar-refractivity contribution is 0.0519. The van der Waals surface area contributed by atoms with Gasteiger partial charge in [-0.1, -0.05) is 12.8 Å². The van der Waals surface area contributed by atoms with Crippen LogP contribution >= 0.6 is 11.3 Å². The molecule has 1 fully saturated rings. The van der Waals surface area contributed by atoms with E-state index in [1.165, 1.54) is 25.7 Å². The van der Waals surface area contributed by atoms with Crippen molar-refractivity contribution in [2.45, 2.75) is 39.5 Å². The molecule has 1 aromatic heterocycles. The second-order valence-electron chi connectivity index (χ2n) is 5.15. The van der Waals surface area contributed by atoms with Crippen molar-refractivity contribution >= 4 is 22.4 Å². The van der Waals surface area contributed by atoms with Crippen LogP contribution in [0.4, 0.5) is 5.13 Å². The number of thiazole rings is 1. The van der Waals surface area contributed by atoms with Crippen molar-refractivity contribution in [3.8, 4) is 0 Å². The van der Waals surface area contributed by atoms with Gasteiger partial charge in [-0.15, -0.1) is 11.3 Å². The second kappa shape index (κ2) is 6.37. The minimum atomic E-state index is -0.309. The highest BCUT2D eigenvalue weighted by Crippen LogP contribution is 2.30. The SMILES string of the molecule is CCOC(=O)c1nc(N(C)CC2CCCC2)sc1C. The van der Waals surface area contributed by atoms with Crippen LogP contribution in [0.5, 0.6) is 0 Å². The van der Waals surface area contributed by atoms with Crippen LogP contribution in [-0.4, -0.2) is 31.2 Å². The monoisotopic (exact) mass is 282 g/mol. The van der Waals surface area contributed by atoms with Crippen LogP contribution in [-0.2, 0) is 4.74 Å². The maximum Gasteiger partial charge on any atom is 0.358 e. The van der Waals surface area contributed by atoms with E-state index in [-0.39, 0.29) is 5.97 Å². The van der Waals surface area contributed by atoms with Gasteiger partial charge in [-0.25, -0.2) is 9.78 Å². The highest BCUT2D eigenvalue weighted by Gasteiger charge is 2.21. The molecule has 0 N–H and O–H groups in total. The molecule has 0 radical (unpaired) electrons. The van der Waals surface area contributed by atoms with E-state index in [1.807, 2.05) is 13.8 Å². The molecule has 1 saturated carbocycles. The predicted octanol–water partition coefficient (Wildman–Crippen LogP) is 3.25. The topological polar surface area (TPSA) is 42.4 Å². The zero-order chi connectivity index (χ0) is 13.8. The molecule has 0 spiro atoms. The fourth-order valence-electron chi connectivity index (χ4n) is 2.59. The molecule has 1 aliphatic carbocycles. The van der Waals surface area contributed by atoms with E-state index in [1.54, 1.807) is 11.3 Å². The van der Waals surface area contributed by atoms with Gasteiger partial charge >= 0.3 is 5.97 Å². The van der Waals surface area contributed by atoms with Crippen LogP contribution in [0.1, 0.15) is 48.0 Å². The van der Waals surface area contributed by atoms with Gasteiger partial charge in [0.2, 0.25) is 0 Å². The highest BCUT2D eigenvalue weighted by molar-refractivity contribution is 7.15. The lowest BCUT2D eigenvalue weighted by atomic mass is 10.1. The first-order chi connectivity index (χ1) is 9.11. The molecular formula is C14H22N2O2S. The number of hydrogen-bond acceptors (Lipinski definition) is 5. The van der Waals surface area contributed by atoms with Crippen molar-refractivity contribution in [2.24, 2.45) is 5.92 Å². The summed E-state index contributed by atoms with van der Waals surface area (Å²) in [6, 6.07) is 0. The molecule has 1 aliphatic rings. The molecule has 0 amide bonds. The van der Waals surface area contributed by atoms with Crippen molar-refractivity contribution in [1.82, 2.24) is 4.98 Å². The van der Waals surface area contributed by atoms with E-state index >= 15 is 0 Å². The average Bonchev–Trinajstić information content (AvgIpc) is 2.98. The number of hydrogen-bond donors (Lipinski definition) is 0. The van der Waals surface area contributed by atoms with Gasteiger partial charge in [-0.2, -0.15) is 0 Å². The Kier molecular flexibility index (Phi) is 4.80. The first kappa shape index (κ1) is 14.3. The number of aromatic nitrogens is 1. The molecular weight excluding hydrogens is 260 g/mol. The zero-order valence-corrected chi connectivity index (χ0v) is 12.8. The molecule has 1 aromatic rings. The first-order valence-electron chi connectivity index (χ1n) is 6.97.